The molecule has 2 fully saturated rings. The average molecular weight is 285 g/mol. The molecule has 0 bridgehead atoms. The second-order valence-corrected chi connectivity index (χ2v) is 6.70. The maximum atomic E-state index is 6.62. The van der Waals surface area contributed by atoms with E-state index in [0.29, 0.717) is 5.92 Å². The van der Waals surface area contributed by atoms with Crippen LogP contribution in [0.4, 0.5) is 0 Å². The Hall–Kier alpha value is -1.32. The van der Waals surface area contributed by atoms with Crippen molar-refractivity contribution in [1.82, 2.24) is 0 Å². The quantitative estimate of drug-likeness (QED) is 0.900. The molecule has 2 heterocycles. The van der Waals surface area contributed by atoms with Crippen LogP contribution in [-0.2, 0) is 4.74 Å². The van der Waals surface area contributed by atoms with Crippen LogP contribution in [0.2, 0.25) is 0 Å². The van der Waals surface area contributed by atoms with Gasteiger partial charge in [-0.05, 0) is 37.7 Å². The van der Waals surface area contributed by atoms with Crippen molar-refractivity contribution in [3.8, 4) is 0 Å². The number of nitrogens with two attached hydrogens (primary N) is 1. The van der Waals surface area contributed by atoms with E-state index in [2.05, 4.69) is 12.1 Å². The van der Waals surface area contributed by atoms with E-state index in [-0.39, 0.29) is 11.6 Å². The Morgan fingerprint density at radius 2 is 2.00 bits per heavy atom. The van der Waals surface area contributed by atoms with Gasteiger partial charge in [-0.15, -0.1) is 0 Å². The summed E-state index contributed by atoms with van der Waals surface area (Å²) in [6.45, 7) is 0.855. The Balaban J connectivity index is 1.60. The van der Waals surface area contributed by atoms with Gasteiger partial charge in [0.15, 0.2) is 0 Å². The smallest absolute Gasteiger partial charge is 0.134 e. The van der Waals surface area contributed by atoms with E-state index in [1.54, 1.807) is 0 Å². The van der Waals surface area contributed by atoms with Gasteiger partial charge < -0.3 is 14.9 Å². The lowest BCUT2D eigenvalue weighted by molar-refractivity contribution is -0.0963. The lowest BCUT2D eigenvalue weighted by atomic mass is 9.79. The largest absolute Gasteiger partial charge is 0.464 e. The monoisotopic (exact) mass is 285 g/mol. The molecule has 0 radical (unpaired) electrons. The first kappa shape index (κ1) is 13.4. The first-order valence-corrected chi connectivity index (χ1v) is 8.13. The molecule has 3 nitrogen and oxygen atoms in total. The maximum Gasteiger partial charge on any atom is 0.134 e. The number of para-hydroxylation sites is 1. The highest BCUT2D eigenvalue weighted by Crippen LogP contribution is 2.45. The van der Waals surface area contributed by atoms with E-state index in [4.69, 9.17) is 14.9 Å². The van der Waals surface area contributed by atoms with Gasteiger partial charge in [0.2, 0.25) is 0 Å². The van der Waals surface area contributed by atoms with Crippen molar-refractivity contribution in [2.45, 2.75) is 50.2 Å². The summed E-state index contributed by atoms with van der Waals surface area (Å²) >= 11 is 0. The Morgan fingerprint density at radius 1 is 1.19 bits per heavy atom. The summed E-state index contributed by atoms with van der Waals surface area (Å²) in [7, 11) is 0. The number of furan rings is 1. The highest BCUT2D eigenvalue weighted by molar-refractivity contribution is 5.81. The Kier molecular flexibility index (Phi) is 3.27. The van der Waals surface area contributed by atoms with Crippen molar-refractivity contribution in [3.05, 3.63) is 36.1 Å². The number of hydrogen-bond acceptors (Lipinski definition) is 3. The third-order valence-corrected chi connectivity index (χ3v) is 5.42. The fourth-order valence-electron chi connectivity index (χ4n) is 4.25. The van der Waals surface area contributed by atoms with Gasteiger partial charge in [-0.1, -0.05) is 31.0 Å². The van der Waals surface area contributed by atoms with E-state index in [1.807, 2.05) is 18.4 Å². The molecule has 3 heteroatoms. The molecule has 2 atom stereocenters. The molecule has 2 unspecified atom stereocenters. The summed E-state index contributed by atoms with van der Waals surface area (Å²) in [5.74, 6) is 0.498. The lowest BCUT2D eigenvalue weighted by Crippen LogP contribution is -2.40. The van der Waals surface area contributed by atoms with E-state index >= 15 is 0 Å². The zero-order chi connectivity index (χ0) is 14.3. The molecule has 1 aromatic carbocycles. The molecule has 2 aromatic rings. The molecule has 1 spiro atoms. The number of rotatable bonds is 2. The molecule has 21 heavy (non-hydrogen) atoms. The van der Waals surface area contributed by atoms with Crippen molar-refractivity contribution >= 4 is 11.0 Å². The zero-order valence-corrected chi connectivity index (χ0v) is 12.4. The van der Waals surface area contributed by atoms with E-state index < -0.39 is 0 Å². The van der Waals surface area contributed by atoms with Crippen LogP contribution in [0, 0.1) is 5.92 Å². The fraction of sp³-hybridized carbons (Fsp3) is 0.556. The second kappa shape index (κ2) is 5.15. The Labute approximate surface area is 125 Å². The summed E-state index contributed by atoms with van der Waals surface area (Å²) in [5.41, 5.74) is 8.83. The Morgan fingerprint density at radius 3 is 2.86 bits per heavy atom. The first-order valence-electron chi connectivity index (χ1n) is 8.13. The summed E-state index contributed by atoms with van der Waals surface area (Å²) in [4.78, 5) is 0. The molecule has 1 aromatic heterocycles. The summed E-state index contributed by atoms with van der Waals surface area (Å²) in [5, 5.41) is 1.16. The van der Waals surface area contributed by atoms with Gasteiger partial charge in [-0.25, -0.2) is 0 Å². The minimum absolute atomic E-state index is 0.0509. The summed E-state index contributed by atoms with van der Waals surface area (Å²) < 4.78 is 11.8. The van der Waals surface area contributed by atoms with Crippen LogP contribution in [0.3, 0.4) is 0 Å². The maximum absolute atomic E-state index is 6.62. The van der Waals surface area contributed by atoms with Gasteiger partial charge in [0.25, 0.3) is 0 Å². The topological polar surface area (TPSA) is 48.4 Å². The van der Waals surface area contributed by atoms with Gasteiger partial charge in [0.05, 0.1) is 11.9 Å². The lowest BCUT2D eigenvalue weighted by Gasteiger charge is -2.40. The van der Waals surface area contributed by atoms with E-state index in [9.17, 15) is 0 Å². The van der Waals surface area contributed by atoms with E-state index in [1.165, 1.54) is 25.7 Å². The van der Waals surface area contributed by atoms with E-state index in [0.717, 1.165) is 36.0 Å². The molecule has 2 aliphatic rings. The Bertz CT molecular complexity index is 627. The van der Waals surface area contributed by atoms with Gasteiger partial charge in [0, 0.05) is 23.6 Å². The number of benzene rings is 1. The summed E-state index contributed by atoms with van der Waals surface area (Å²) in [6, 6.07) is 8.22. The molecule has 1 aliphatic heterocycles. The highest BCUT2D eigenvalue weighted by atomic mass is 16.5. The van der Waals surface area contributed by atoms with Crippen LogP contribution in [0.1, 0.15) is 50.1 Å². The van der Waals surface area contributed by atoms with Crippen molar-refractivity contribution < 1.29 is 9.15 Å². The molecule has 1 aliphatic carbocycles. The second-order valence-electron chi connectivity index (χ2n) is 6.70. The number of ether oxygens (including phenoxy) is 1. The normalized spacial score (nSPS) is 26.4. The molecule has 1 saturated carbocycles. The zero-order valence-electron chi connectivity index (χ0n) is 12.4. The first-order chi connectivity index (χ1) is 10.3. The van der Waals surface area contributed by atoms with Crippen molar-refractivity contribution in [3.63, 3.8) is 0 Å². The fourth-order valence-corrected chi connectivity index (χ4v) is 4.25. The molecule has 4 rings (SSSR count). The summed E-state index contributed by atoms with van der Waals surface area (Å²) in [6.07, 6.45) is 9.04. The standard InChI is InChI=1S/C18H23NO2/c19-17(15-12-20-16-6-2-1-5-14(15)16)13-7-10-21-18(11-13)8-3-4-9-18/h1-2,5-6,12-13,17H,3-4,7-11,19H2. The molecule has 2 N–H and O–H groups in total. The predicted molar refractivity (Wildman–Crippen MR) is 83.0 cm³/mol. The third-order valence-electron chi connectivity index (χ3n) is 5.42. The van der Waals surface area contributed by atoms with Gasteiger partial charge >= 0.3 is 0 Å². The minimum Gasteiger partial charge on any atom is -0.464 e. The van der Waals surface area contributed by atoms with Crippen molar-refractivity contribution in [1.29, 1.82) is 0 Å². The van der Waals surface area contributed by atoms with Gasteiger partial charge in [-0.2, -0.15) is 0 Å². The van der Waals surface area contributed by atoms with Crippen LogP contribution in [0.5, 0.6) is 0 Å². The average Bonchev–Trinajstić information content (AvgIpc) is 3.14. The van der Waals surface area contributed by atoms with Crippen molar-refractivity contribution in [2.75, 3.05) is 6.61 Å². The van der Waals surface area contributed by atoms with Crippen LogP contribution < -0.4 is 5.73 Å². The molecular weight excluding hydrogens is 262 g/mol. The molecule has 0 amide bonds. The molecule has 1 saturated heterocycles. The minimum atomic E-state index is 0.0509. The SMILES string of the molecule is NC(c1coc2ccccc12)C1CCOC2(CCCC2)C1. The van der Waals surface area contributed by atoms with Crippen LogP contribution in [-0.4, -0.2) is 12.2 Å². The van der Waals surface area contributed by atoms with Crippen LogP contribution in [0.15, 0.2) is 34.9 Å². The highest BCUT2D eigenvalue weighted by Gasteiger charge is 2.41. The van der Waals surface area contributed by atoms with Gasteiger partial charge in [0.1, 0.15) is 5.58 Å². The van der Waals surface area contributed by atoms with Crippen LogP contribution in [0.25, 0.3) is 11.0 Å². The van der Waals surface area contributed by atoms with Gasteiger partial charge in [-0.3, -0.25) is 0 Å². The van der Waals surface area contributed by atoms with Crippen molar-refractivity contribution in [2.24, 2.45) is 11.7 Å². The van der Waals surface area contributed by atoms with Crippen LogP contribution >= 0.6 is 0 Å². The third kappa shape index (κ3) is 2.29. The molecule has 112 valence electrons. The number of hydrogen-bond donors (Lipinski definition) is 1. The molecular formula is C18H23NO2. The number of fused-ring (bicyclic) bond motifs is 1. The predicted octanol–water partition coefficient (Wildman–Crippen LogP) is 4.17.